The Labute approximate surface area is 174 Å². The molecule has 156 valence electrons. The van der Waals surface area contributed by atoms with Gasteiger partial charge in [0.05, 0.1) is 29.6 Å². The third-order valence-corrected chi connectivity index (χ3v) is 4.57. The first kappa shape index (κ1) is 21.2. The van der Waals surface area contributed by atoms with Crippen LogP contribution < -0.4 is 10.6 Å². The molecule has 0 bridgehead atoms. The first-order chi connectivity index (χ1) is 14.4. The zero-order chi connectivity index (χ0) is 21.7. The predicted octanol–water partition coefficient (Wildman–Crippen LogP) is 2.26. The van der Waals surface area contributed by atoms with Crippen LogP contribution in [0.4, 0.5) is 5.69 Å². The quantitative estimate of drug-likeness (QED) is 0.522. The fraction of sp³-hybridized carbons (Fsp3) is 0.381. The molecule has 3 aromatic rings. The summed E-state index contributed by atoms with van der Waals surface area (Å²) >= 11 is 0. The number of anilines is 1. The lowest BCUT2D eigenvalue weighted by atomic mass is 10.1. The lowest BCUT2D eigenvalue weighted by Gasteiger charge is -2.17. The van der Waals surface area contributed by atoms with Crippen molar-refractivity contribution >= 4 is 22.6 Å². The van der Waals surface area contributed by atoms with Crippen molar-refractivity contribution in [1.82, 2.24) is 25.1 Å². The molecule has 0 aliphatic rings. The topological polar surface area (TPSA) is 129 Å². The summed E-state index contributed by atoms with van der Waals surface area (Å²) in [5.74, 6) is 0.720. The average molecular weight is 407 g/mol. The highest BCUT2D eigenvalue weighted by atomic mass is 16.3. The van der Waals surface area contributed by atoms with Gasteiger partial charge in [0, 0.05) is 36.4 Å². The molecular formula is C21H25N7O2. The van der Waals surface area contributed by atoms with Gasteiger partial charge in [-0.3, -0.25) is 4.79 Å². The molecule has 3 heterocycles. The lowest BCUT2D eigenvalue weighted by Crippen LogP contribution is -2.28. The molecule has 0 aliphatic carbocycles. The number of pyridine rings is 2. The van der Waals surface area contributed by atoms with E-state index in [0.717, 1.165) is 6.42 Å². The Morgan fingerprint density at radius 1 is 1.23 bits per heavy atom. The zero-order valence-electron chi connectivity index (χ0n) is 17.3. The van der Waals surface area contributed by atoms with E-state index in [4.69, 9.17) is 5.26 Å². The number of carbonyl (C=O) groups is 1. The Kier molecular flexibility index (Phi) is 6.59. The molecule has 30 heavy (non-hydrogen) atoms. The van der Waals surface area contributed by atoms with Gasteiger partial charge in [-0.25, -0.2) is 9.97 Å². The van der Waals surface area contributed by atoms with Crippen LogP contribution in [0.25, 0.3) is 16.9 Å². The minimum atomic E-state index is -0.256. The second-order valence-electron chi connectivity index (χ2n) is 7.56. The van der Waals surface area contributed by atoms with E-state index in [-0.39, 0.29) is 18.6 Å². The molecular weight excluding hydrogens is 382 g/mol. The Bertz CT molecular complexity index is 1080. The highest BCUT2D eigenvalue weighted by molar-refractivity contribution is 5.99. The van der Waals surface area contributed by atoms with E-state index in [0.29, 0.717) is 46.1 Å². The van der Waals surface area contributed by atoms with Gasteiger partial charge >= 0.3 is 0 Å². The summed E-state index contributed by atoms with van der Waals surface area (Å²) in [5.41, 5.74) is 1.93. The number of nitrogens with one attached hydrogen (secondary N) is 2. The van der Waals surface area contributed by atoms with Gasteiger partial charge in [-0.05, 0) is 25.3 Å². The van der Waals surface area contributed by atoms with E-state index >= 15 is 0 Å². The van der Waals surface area contributed by atoms with Crippen molar-refractivity contribution in [3.63, 3.8) is 0 Å². The van der Waals surface area contributed by atoms with Crippen molar-refractivity contribution in [3.8, 4) is 11.9 Å². The maximum Gasteiger partial charge on any atom is 0.254 e. The summed E-state index contributed by atoms with van der Waals surface area (Å²) in [6, 6.07) is 5.21. The Morgan fingerprint density at radius 3 is 2.73 bits per heavy atom. The van der Waals surface area contributed by atoms with E-state index in [1.54, 1.807) is 23.0 Å². The van der Waals surface area contributed by atoms with Crippen molar-refractivity contribution < 1.29 is 9.90 Å². The summed E-state index contributed by atoms with van der Waals surface area (Å²) in [6.45, 7) is 6.49. The van der Waals surface area contributed by atoms with Crippen molar-refractivity contribution in [1.29, 1.82) is 5.26 Å². The maximum atomic E-state index is 12.7. The van der Waals surface area contributed by atoms with Gasteiger partial charge in [0.1, 0.15) is 6.07 Å². The minimum Gasteiger partial charge on any atom is -0.394 e. The Balaban J connectivity index is 1.96. The molecule has 3 aromatic heterocycles. The summed E-state index contributed by atoms with van der Waals surface area (Å²) in [6.07, 6.45) is 5.46. The highest BCUT2D eigenvalue weighted by Crippen LogP contribution is 2.22. The molecule has 0 spiro atoms. The third-order valence-electron chi connectivity index (χ3n) is 4.57. The number of nitrogens with zero attached hydrogens (tertiary/aromatic N) is 5. The molecule has 0 fully saturated rings. The van der Waals surface area contributed by atoms with E-state index in [1.807, 2.05) is 6.92 Å². The summed E-state index contributed by atoms with van der Waals surface area (Å²) in [7, 11) is 0. The number of rotatable bonds is 8. The van der Waals surface area contributed by atoms with Gasteiger partial charge in [-0.15, -0.1) is 0 Å². The van der Waals surface area contributed by atoms with Gasteiger partial charge in [0.2, 0.25) is 0 Å². The maximum absolute atomic E-state index is 12.7. The summed E-state index contributed by atoms with van der Waals surface area (Å²) < 4.78 is 1.55. The average Bonchev–Trinajstić information content (AvgIpc) is 3.16. The smallest absolute Gasteiger partial charge is 0.254 e. The second-order valence-corrected chi connectivity index (χ2v) is 7.56. The molecule has 1 amide bonds. The van der Waals surface area contributed by atoms with E-state index in [2.05, 4.69) is 45.6 Å². The molecule has 0 radical (unpaired) electrons. The number of hydrogen-bond donors (Lipinski definition) is 3. The van der Waals surface area contributed by atoms with Gasteiger partial charge in [-0.2, -0.15) is 15.0 Å². The van der Waals surface area contributed by atoms with Crippen LogP contribution in [0.3, 0.4) is 0 Å². The number of aliphatic hydroxyl groups is 1. The molecule has 0 aliphatic heterocycles. The minimum absolute atomic E-state index is 0.0880. The van der Waals surface area contributed by atoms with Crippen LogP contribution in [0.15, 0.2) is 30.7 Å². The number of aliphatic hydroxyl groups excluding tert-OH is 1. The molecule has 0 saturated carbocycles. The van der Waals surface area contributed by atoms with Crippen LogP contribution >= 0.6 is 0 Å². The van der Waals surface area contributed by atoms with E-state index < -0.39 is 0 Å². The van der Waals surface area contributed by atoms with Crippen molar-refractivity contribution in [2.45, 2.75) is 33.2 Å². The van der Waals surface area contributed by atoms with Gasteiger partial charge in [0.25, 0.3) is 5.91 Å². The lowest BCUT2D eigenvalue weighted by molar-refractivity contribution is 0.0952. The number of amides is 1. The van der Waals surface area contributed by atoms with Gasteiger partial charge < -0.3 is 15.7 Å². The van der Waals surface area contributed by atoms with Crippen molar-refractivity contribution in [2.75, 3.05) is 18.5 Å². The SMILES string of the molecule is CC(C)CCNC(=O)c1cnc(-n2ncc3cc(C#N)cnc32)cc1NC(C)CO. The number of carbonyl (C=O) groups excluding carboxylic acids is 1. The largest absolute Gasteiger partial charge is 0.394 e. The molecule has 3 N–H and O–H groups in total. The predicted molar refractivity (Wildman–Crippen MR) is 113 cm³/mol. The van der Waals surface area contributed by atoms with Crippen LogP contribution in [-0.2, 0) is 0 Å². The van der Waals surface area contributed by atoms with E-state index in [9.17, 15) is 9.90 Å². The van der Waals surface area contributed by atoms with Crippen LogP contribution in [0.1, 0.15) is 43.1 Å². The highest BCUT2D eigenvalue weighted by Gasteiger charge is 2.17. The van der Waals surface area contributed by atoms with Crippen LogP contribution in [0.5, 0.6) is 0 Å². The molecule has 0 saturated heterocycles. The third kappa shape index (κ3) is 4.72. The van der Waals surface area contributed by atoms with Crippen LogP contribution in [0.2, 0.25) is 0 Å². The number of aromatic nitrogens is 4. The molecule has 3 rings (SSSR count). The van der Waals surface area contributed by atoms with Crippen molar-refractivity contribution in [3.05, 3.63) is 41.9 Å². The summed E-state index contributed by atoms with van der Waals surface area (Å²) in [5, 5.41) is 29.6. The summed E-state index contributed by atoms with van der Waals surface area (Å²) in [4.78, 5) is 21.4. The monoisotopic (exact) mass is 407 g/mol. The van der Waals surface area contributed by atoms with Crippen LogP contribution in [-0.4, -0.2) is 50.0 Å². The molecule has 1 atom stereocenters. The number of nitriles is 1. The number of hydrogen-bond acceptors (Lipinski definition) is 7. The second kappa shape index (κ2) is 9.33. The standard InChI is InChI=1S/C21H25N7O2/c1-13(2)4-5-23-21(30)17-11-24-19(7-18(17)27-14(3)12-29)28-20-16(10-26-28)6-15(8-22)9-25-20/h6-7,9-11,13-14,29H,4-5,12H2,1-3H3,(H,23,30)(H,24,27). The first-order valence-corrected chi connectivity index (χ1v) is 9.82. The van der Waals surface area contributed by atoms with Crippen LogP contribution in [0, 0.1) is 17.2 Å². The fourth-order valence-corrected chi connectivity index (χ4v) is 2.89. The molecule has 0 aromatic carbocycles. The zero-order valence-corrected chi connectivity index (χ0v) is 17.3. The van der Waals surface area contributed by atoms with Crippen molar-refractivity contribution in [2.24, 2.45) is 5.92 Å². The van der Waals surface area contributed by atoms with Gasteiger partial charge in [-0.1, -0.05) is 13.8 Å². The number of fused-ring (bicyclic) bond motifs is 1. The molecule has 1 unspecified atom stereocenters. The molecule has 9 heteroatoms. The normalized spacial score (nSPS) is 12.0. The van der Waals surface area contributed by atoms with E-state index in [1.165, 1.54) is 12.4 Å². The first-order valence-electron chi connectivity index (χ1n) is 9.82. The van der Waals surface area contributed by atoms with Gasteiger partial charge in [0.15, 0.2) is 11.5 Å². The Morgan fingerprint density at radius 2 is 2.03 bits per heavy atom. The molecule has 9 nitrogen and oxygen atoms in total. The Hall–Kier alpha value is -3.51. The fourth-order valence-electron chi connectivity index (χ4n) is 2.89.